The maximum Gasteiger partial charge on any atom is 0.253 e. The summed E-state index contributed by atoms with van der Waals surface area (Å²) in [5, 5.41) is 12.4. The number of rotatable bonds is 2. The van der Waals surface area contributed by atoms with Crippen molar-refractivity contribution in [2.45, 2.75) is 45.1 Å². The van der Waals surface area contributed by atoms with Crippen LogP contribution in [0.1, 0.15) is 48.5 Å². The van der Waals surface area contributed by atoms with Gasteiger partial charge in [-0.1, -0.05) is 13.0 Å². The lowest BCUT2D eigenvalue weighted by molar-refractivity contribution is 0.0893. The van der Waals surface area contributed by atoms with Gasteiger partial charge in [-0.25, -0.2) is 0 Å². The number of carbonyl (C=O) groups is 1. The topological polar surface area (TPSA) is 52.9 Å². The van der Waals surface area contributed by atoms with Crippen molar-refractivity contribution in [2.24, 2.45) is 5.92 Å². The standard InChI is InChI=1S/C16H19BrN2O/c1-11-5-7-16(10-18,8-6-11)19-15(20)13-4-3-12(2)9-14(13)17/h3-4,9,11H,5-8H2,1-2H3,(H,19,20). The van der Waals surface area contributed by atoms with Crippen LogP contribution >= 0.6 is 15.9 Å². The predicted octanol–water partition coefficient (Wildman–Crippen LogP) is 3.96. The van der Waals surface area contributed by atoms with Crippen LogP contribution in [0.4, 0.5) is 0 Å². The van der Waals surface area contributed by atoms with Crippen LogP contribution in [-0.4, -0.2) is 11.4 Å². The average molecular weight is 335 g/mol. The first-order chi connectivity index (χ1) is 9.46. The largest absolute Gasteiger partial charge is 0.334 e. The number of halogens is 1. The van der Waals surface area contributed by atoms with Crippen LogP contribution in [0, 0.1) is 24.2 Å². The monoisotopic (exact) mass is 334 g/mol. The number of carbonyl (C=O) groups excluding carboxylic acids is 1. The molecule has 0 aliphatic heterocycles. The lowest BCUT2D eigenvalue weighted by Crippen LogP contribution is -2.49. The molecule has 1 N–H and O–H groups in total. The first-order valence-electron chi connectivity index (χ1n) is 6.96. The highest BCUT2D eigenvalue weighted by Crippen LogP contribution is 2.32. The number of nitrogens with one attached hydrogen (secondary N) is 1. The first kappa shape index (κ1) is 15.1. The van der Waals surface area contributed by atoms with Gasteiger partial charge in [-0.3, -0.25) is 4.79 Å². The van der Waals surface area contributed by atoms with Crippen molar-refractivity contribution in [1.82, 2.24) is 5.32 Å². The second kappa shape index (κ2) is 5.97. The Labute approximate surface area is 128 Å². The van der Waals surface area contributed by atoms with E-state index in [9.17, 15) is 10.1 Å². The molecule has 1 aliphatic carbocycles. The Balaban J connectivity index is 2.16. The molecule has 0 radical (unpaired) electrons. The number of aryl methyl sites for hydroxylation is 1. The zero-order valence-electron chi connectivity index (χ0n) is 11.9. The Morgan fingerprint density at radius 1 is 1.45 bits per heavy atom. The minimum atomic E-state index is -0.700. The van der Waals surface area contributed by atoms with E-state index in [2.05, 4.69) is 34.2 Å². The van der Waals surface area contributed by atoms with Gasteiger partial charge < -0.3 is 5.32 Å². The van der Waals surface area contributed by atoms with Crippen molar-refractivity contribution in [3.05, 3.63) is 33.8 Å². The van der Waals surface area contributed by atoms with Crippen LogP contribution in [0.3, 0.4) is 0 Å². The number of hydrogen-bond donors (Lipinski definition) is 1. The molecule has 1 aromatic rings. The second-order valence-electron chi connectivity index (χ2n) is 5.81. The molecule has 0 aromatic heterocycles. The van der Waals surface area contributed by atoms with Gasteiger partial charge in [0, 0.05) is 4.47 Å². The van der Waals surface area contributed by atoms with Gasteiger partial charge in [0.2, 0.25) is 0 Å². The van der Waals surface area contributed by atoms with E-state index in [0.717, 1.165) is 35.7 Å². The molecule has 0 unspecified atom stereocenters. The summed E-state index contributed by atoms with van der Waals surface area (Å²) in [6.45, 7) is 4.17. The minimum absolute atomic E-state index is 0.173. The summed E-state index contributed by atoms with van der Waals surface area (Å²) < 4.78 is 0.771. The SMILES string of the molecule is Cc1ccc(C(=O)NC2(C#N)CCC(C)CC2)c(Br)c1. The molecule has 1 aromatic carbocycles. The van der Waals surface area contributed by atoms with Crippen LogP contribution in [0.15, 0.2) is 22.7 Å². The van der Waals surface area contributed by atoms with Crippen molar-refractivity contribution in [2.75, 3.05) is 0 Å². The number of hydrogen-bond acceptors (Lipinski definition) is 2. The van der Waals surface area contributed by atoms with Crippen LogP contribution < -0.4 is 5.32 Å². The molecule has 0 spiro atoms. The molecule has 0 saturated heterocycles. The van der Waals surface area contributed by atoms with Crippen molar-refractivity contribution >= 4 is 21.8 Å². The highest BCUT2D eigenvalue weighted by Gasteiger charge is 2.36. The van der Waals surface area contributed by atoms with Crippen LogP contribution in [0.25, 0.3) is 0 Å². The van der Waals surface area contributed by atoms with E-state index in [-0.39, 0.29) is 5.91 Å². The quantitative estimate of drug-likeness (QED) is 0.889. The molecule has 4 heteroatoms. The Hall–Kier alpha value is -1.34. The Morgan fingerprint density at radius 2 is 2.10 bits per heavy atom. The third-order valence-corrected chi connectivity index (χ3v) is 4.72. The summed E-state index contributed by atoms with van der Waals surface area (Å²) in [6, 6.07) is 7.94. The van der Waals surface area contributed by atoms with E-state index >= 15 is 0 Å². The zero-order valence-corrected chi connectivity index (χ0v) is 13.5. The highest BCUT2D eigenvalue weighted by molar-refractivity contribution is 9.10. The normalized spacial score (nSPS) is 25.8. The van der Waals surface area contributed by atoms with Crippen molar-refractivity contribution < 1.29 is 4.79 Å². The van der Waals surface area contributed by atoms with Gasteiger partial charge in [0.05, 0.1) is 11.6 Å². The molecular formula is C16H19BrN2O. The lowest BCUT2D eigenvalue weighted by atomic mass is 9.78. The lowest BCUT2D eigenvalue weighted by Gasteiger charge is -2.34. The number of benzene rings is 1. The molecule has 3 nitrogen and oxygen atoms in total. The molecule has 0 atom stereocenters. The van der Waals surface area contributed by atoms with Crippen LogP contribution in [-0.2, 0) is 0 Å². The molecule has 1 aliphatic rings. The van der Waals surface area contributed by atoms with E-state index in [0.29, 0.717) is 11.5 Å². The van der Waals surface area contributed by atoms with Crippen LogP contribution in [0.5, 0.6) is 0 Å². The Kier molecular flexibility index (Phi) is 4.49. The second-order valence-corrected chi connectivity index (χ2v) is 6.67. The molecule has 0 heterocycles. The van der Waals surface area contributed by atoms with Gasteiger partial charge in [-0.2, -0.15) is 5.26 Å². The van der Waals surface area contributed by atoms with Gasteiger partial charge >= 0.3 is 0 Å². The molecule has 0 bridgehead atoms. The number of nitrogens with zero attached hydrogens (tertiary/aromatic N) is 1. The molecule has 20 heavy (non-hydrogen) atoms. The Bertz CT molecular complexity index is 554. The maximum atomic E-state index is 12.4. The Morgan fingerprint density at radius 3 is 2.65 bits per heavy atom. The van der Waals surface area contributed by atoms with Crippen molar-refractivity contribution in [1.29, 1.82) is 5.26 Å². The summed E-state index contributed by atoms with van der Waals surface area (Å²) >= 11 is 3.42. The highest BCUT2D eigenvalue weighted by atomic mass is 79.9. The summed E-state index contributed by atoms with van der Waals surface area (Å²) in [6.07, 6.45) is 3.45. The number of amides is 1. The molecule has 2 rings (SSSR count). The van der Waals surface area contributed by atoms with E-state index in [1.54, 1.807) is 6.07 Å². The van der Waals surface area contributed by atoms with Crippen molar-refractivity contribution in [3.8, 4) is 6.07 Å². The molecule has 1 amide bonds. The summed E-state index contributed by atoms with van der Waals surface area (Å²) in [5.41, 5.74) is 0.979. The van der Waals surface area contributed by atoms with Gasteiger partial charge in [0.25, 0.3) is 5.91 Å². The third kappa shape index (κ3) is 3.21. The van der Waals surface area contributed by atoms with E-state index in [1.807, 2.05) is 19.1 Å². The summed E-state index contributed by atoms with van der Waals surface area (Å²) in [4.78, 5) is 12.4. The van der Waals surface area contributed by atoms with Crippen LogP contribution in [0.2, 0.25) is 0 Å². The smallest absolute Gasteiger partial charge is 0.253 e. The molecule has 1 saturated carbocycles. The zero-order chi connectivity index (χ0) is 14.8. The van der Waals surface area contributed by atoms with E-state index in [1.165, 1.54) is 0 Å². The average Bonchev–Trinajstić information content (AvgIpc) is 2.41. The third-order valence-electron chi connectivity index (χ3n) is 4.06. The minimum Gasteiger partial charge on any atom is -0.334 e. The fraction of sp³-hybridized carbons (Fsp3) is 0.500. The van der Waals surface area contributed by atoms with E-state index in [4.69, 9.17) is 0 Å². The van der Waals surface area contributed by atoms with Crippen molar-refractivity contribution in [3.63, 3.8) is 0 Å². The fourth-order valence-electron chi connectivity index (χ4n) is 2.61. The molecule has 1 fully saturated rings. The van der Waals surface area contributed by atoms with Gasteiger partial charge in [0.15, 0.2) is 0 Å². The van der Waals surface area contributed by atoms with Gasteiger partial charge in [-0.05, 0) is 72.2 Å². The van der Waals surface area contributed by atoms with E-state index < -0.39 is 5.54 Å². The first-order valence-corrected chi connectivity index (χ1v) is 7.75. The van der Waals surface area contributed by atoms with Gasteiger partial charge in [0.1, 0.15) is 5.54 Å². The summed E-state index contributed by atoms with van der Waals surface area (Å²) in [5.74, 6) is 0.465. The number of nitriles is 1. The molecular weight excluding hydrogens is 316 g/mol. The predicted molar refractivity (Wildman–Crippen MR) is 82.3 cm³/mol. The maximum absolute atomic E-state index is 12.4. The van der Waals surface area contributed by atoms with Gasteiger partial charge in [-0.15, -0.1) is 0 Å². The molecule has 106 valence electrons. The summed E-state index contributed by atoms with van der Waals surface area (Å²) in [7, 11) is 0. The fourth-order valence-corrected chi connectivity index (χ4v) is 3.28.